The highest BCUT2D eigenvalue weighted by Crippen LogP contribution is 2.11. The van der Waals surface area contributed by atoms with Gasteiger partial charge in [-0.3, -0.25) is 4.79 Å². The van der Waals surface area contributed by atoms with Crippen molar-refractivity contribution < 1.29 is 13.6 Å². The van der Waals surface area contributed by atoms with E-state index >= 15 is 0 Å². The Kier molecular flexibility index (Phi) is 4.25. The maximum Gasteiger partial charge on any atom is 0.342 e. The van der Waals surface area contributed by atoms with E-state index < -0.39 is 8.56 Å². The summed E-state index contributed by atoms with van der Waals surface area (Å²) in [5.41, 5.74) is 0. The van der Waals surface area contributed by atoms with Crippen LogP contribution in [0.2, 0.25) is 12.6 Å². The Labute approximate surface area is 68.3 Å². The van der Waals surface area contributed by atoms with Gasteiger partial charge in [0, 0.05) is 14.2 Å². The minimum absolute atomic E-state index is 0.0251. The van der Waals surface area contributed by atoms with Gasteiger partial charge in [0.05, 0.1) is 6.04 Å². The summed E-state index contributed by atoms with van der Waals surface area (Å²) in [6, 6.07) is 0.337. The number of hydrogen-bond acceptors (Lipinski definition) is 3. The molecule has 0 N–H and O–H groups in total. The highest BCUT2D eigenvalue weighted by atomic mass is 28.4. The van der Waals surface area contributed by atoms with Crippen LogP contribution in [0, 0.1) is 0 Å². The molecule has 0 unspecified atom stereocenters. The van der Waals surface area contributed by atoms with Crippen molar-refractivity contribution in [2.75, 3.05) is 14.2 Å². The quantitative estimate of drug-likeness (QED) is 0.462. The number of rotatable bonds is 5. The Morgan fingerprint density at radius 3 is 2.27 bits per heavy atom. The highest BCUT2D eigenvalue weighted by Gasteiger charge is 2.30. The molecule has 0 aliphatic carbocycles. The molecule has 0 aliphatic heterocycles. The molecule has 0 atom stereocenters. The first-order valence-electron chi connectivity index (χ1n) is 3.33. The Balaban J connectivity index is 4.06. The van der Waals surface area contributed by atoms with Crippen LogP contribution in [-0.4, -0.2) is 28.6 Å². The van der Waals surface area contributed by atoms with E-state index in [0.29, 0.717) is 6.04 Å². The predicted octanol–water partition coefficient (Wildman–Crippen LogP) is 1.11. The van der Waals surface area contributed by atoms with Gasteiger partial charge in [0.15, 0.2) is 5.78 Å². The van der Waals surface area contributed by atoms with Crippen molar-refractivity contribution in [3.05, 3.63) is 12.7 Å². The minimum atomic E-state index is -2.20. The normalized spacial score (nSPS) is 11.2. The average Bonchev–Trinajstić information content (AvgIpc) is 2.04. The van der Waals surface area contributed by atoms with Crippen LogP contribution in [-0.2, 0) is 13.6 Å². The molecule has 3 nitrogen and oxygen atoms in total. The van der Waals surface area contributed by atoms with Crippen LogP contribution in [0.1, 0.15) is 0 Å². The van der Waals surface area contributed by atoms with Crippen molar-refractivity contribution in [3.8, 4) is 0 Å². The van der Waals surface area contributed by atoms with E-state index in [2.05, 4.69) is 6.58 Å². The van der Waals surface area contributed by atoms with Crippen molar-refractivity contribution in [2.24, 2.45) is 0 Å². The third-order valence-electron chi connectivity index (χ3n) is 1.59. The van der Waals surface area contributed by atoms with Crippen molar-refractivity contribution in [1.29, 1.82) is 0 Å². The van der Waals surface area contributed by atoms with Crippen molar-refractivity contribution in [1.82, 2.24) is 0 Å². The van der Waals surface area contributed by atoms with Gasteiger partial charge in [-0.1, -0.05) is 6.58 Å². The van der Waals surface area contributed by atoms with E-state index in [1.807, 2.05) is 6.55 Å². The lowest BCUT2D eigenvalue weighted by atomic mass is 10.5. The van der Waals surface area contributed by atoms with Gasteiger partial charge in [0.2, 0.25) is 0 Å². The molecular formula is C7H14O3Si. The van der Waals surface area contributed by atoms with Gasteiger partial charge in [-0.05, 0) is 12.6 Å². The zero-order chi connectivity index (χ0) is 8.91. The third kappa shape index (κ3) is 3.45. The number of carbonyl (C=O) groups excluding carboxylic acids is 1. The summed E-state index contributed by atoms with van der Waals surface area (Å²) in [5.74, 6) is -0.0251. The Morgan fingerprint density at radius 2 is 2.00 bits per heavy atom. The highest BCUT2D eigenvalue weighted by molar-refractivity contribution is 6.69. The lowest BCUT2D eigenvalue weighted by Gasteiger charge is -2.20. The van der Waals surface area contributed by atoms with Gasteiger partial charge in [-0.2, -0.15) is 0 Å². The first kappa shape index (κ1) is 10.5. The monoisotopic (exact) mass is 174 g/mol. The standard InChI is InChI=1S/C7H14O3Si/c1-5-7(8)6-11(4,9-2)10-3/h5H,1,6H2,2-4H3. The molecule has 0 aromatic heterocycles. The zero-order valence-electron chi connectivity index (χ0n) is 7.22. The largest absolute Gasteiger partial charge is 0.397 e. The van der Waals surface area contributed by atoms with Crippen molar-refractivity contribution in [3.63, 3.8) is 0 Å². The van der Waals surface area contributed by atoms with E-state index in [4.69, 9.17) is 8.85 Å². The smallest absolute Gasteiger partial charge is 0.342 e. The number of allylic oxidation sites excluding steroid dienone is 1. The molecule has 0 fully saturated rings. The van der Waals surface area contributed by atoms with Crippen LogP contribution < -0.4 is 0 Å². The summed E-state index contributed by atoms with van der Waals surface area (Å²) in [6.45, 7) is 5.22. The van der Waals surface area contributed by atoms with Crippen LogP contribution in [0.3, 0.4) is 0 Å². The van der Waals surface area contributed by atoms with E-state index in [1.165, 1.54) is 6.08 Å². The Morgan fingerprint density at radius 1 is 1.55 bits per heavy atom. The topological polar surface area (TPSA) is 35.5 Å². The second-order valence-corrected chi connectivity index (χ2v) is 5.83. The average molecular weight is 174 g/mol. The molecule has 0 saturated heterocycles. The molecule has 0 radical (unpaired) electrons. The summed E-state index contributed by atoms with van der Waals surface area (Å²) < 4.78 is 10.2. The lowest BCUT2D eigenvalue weighted by Crippen LogP contribution is -2.37. The van der Waals surface area contributed by atoms with E-state index in [9.17, 15) is 4.79 Å². The van der Waals surface area contributed by atoms with Gasteiger partial charge >= 0.3 is 8.56 Å². The van der Waals surface area contributed by atoms with Gasteiger partial charge in [0.25, 0.3) is 0 Å². The molecule has 64 valence electrons. The summed E-state index contributed by atoms with van der Waals surface area (Å²) in [4.78, 5) is 10.9. The maximum atomic E-state index is 10.9. The van der Waals surface area contributed by atoms with Crippen molar-refractivity contribution >= 4 is 14.3 Å². The fourth-order valence-electron chi connectivity index (χ4n) is 0.616. The summed E-state index contributed by atoms with van der Waals surface area (Å²) in [7, 11) is 0.921. The molecule has 0 heterocycles. The summed E-state index contributed by atoms with van der Waals surface area (Å²) in [6.07, 6.45) is 1.29. The third-order valence-corrected chi connectivity index (χ3v) is 4.30. The molecule has 0 bridgehead atoms. The van der Waals surface area contributed by atoms with Crippen LogP contribution in [0.4, 0.5) is 0 Å². The van der Waals surface area contributed by atoms with E-state index in [1.54, 1.807) is 14.2 Å². The predicted molar refractivity (Wildman–Crippen MR) is 45.6 cm³/mol. The van der Waals surface area contributed by atoms with Crippen molar-refractivity contribution in [2.45, 2.75) is 12.6 Å². The van der Waals surface area contributed by atoms with Crippen LogP contribution >= 0.6 is 0 Å². The summed E-state index contributed by atoms with van der Waals surface area (Å²) >= 11 is 0. The Hall–Kier alpha value is -0.453. The number of carbonyl (C=O) groups is 1. The molecule has 11 heavy (non-hydrogen) atoms. The molecular weight excluding hydrogens is 160 g/mol. The molecule has 0 spiro atoms. The second-order valence-electron chi connectivity index (χ2n) is 2.39. The molecule has 0 saturated carbocycles. The molecule has 4 heteroatoms. The van der Waals surface area contributed by atoms with E-state index in [-0.39, 0.29) is 5.78 Å². The fourth-order valence-corrected chi connectivity index (χ4v) is 1.85. The fraction of sp³-hybridized carbons (Fsp3) is 0.571. The molecule has 0 rings (SSSR count). The molecule has 0 aromatic carbocycles. The maximum absolute atomic E-state index is 10.9. The van der Waals surface area contributed by atoms with Crippen LogP contribution in [0.5, 0.6) is 0 Å². The van der Waals surface area contributed by atoms with Gasteiger partial charge < -0.3 is 8.85 Å². The van der Waals surface area contributed by atoms with Gasteiger partial charge in [-0.15, -0.1) is 0 Å². The minimum Gasteiger partial charge on any atom is -0.397 e. The Bertz CT molecular complexity index is 152. The SMILES string of the molecule is C=CC(=O)C[Si](C)(OC)OC. The first-order valence-corrected chi connectivity index (χ1v) is 5.86. The van der Waals surface area contributed by atoms with Gasteiger partial charge in [-0.25, -0.2) is 0 Å². The number of hydrogen-bond donors (Lipinski definition) is 0. The lowest BCUT2D eigenvalue weighted by molar-refractivity contribution is -0.113. The summed E-state index contributed by atoms with van der Waals surface area (Å²) in [5, 5.41) is 0. The number of ketones is 1. The van der Waals surface area contributed by atoms with Gasteiger partial charge in [0.1, 0.15) is 0 Å². The molecule has 0 aromatic rings. The molecule has 0 amide bonds. The molecule has 0 aliphatic rings. The first-order chi connectivity index (χ1) is 5.08. The zero-order valence-corrected chi connectivity index (χ0v) is 8.22. The van der Waals surface area contributed by atoms with Crippen LogP contribution in [0.25, 0.3) is 0 Å². The van der Waals surface area contributed by atoms with E-state index in [0.717, 1.165) is 0 Å². The van der Waals surface area contributed by atoms with Crippen LogP contribution in [0.15, 0.2) is 12.7 Å². The second kappa shape index (κ2) is 4.43.